The Morgan fingerprint density at radius 2 is 2.00 bits per heavy atom. The number of ether oxygens (including phenoxy) is 2. The van der Waals surface area contributed by atoms with Crippen molar-refractivity contribution in [3.05, 3.63) is 53.7 Å². The van der Waals surface area contributed by atoms with Crippen LogP contribution in [-0.4, -0.2) is 29.3 Å². The molecule has 1 saturated heterocycles. The van der Waals surface area contributed by atoms with Gasteiger partial charge in [0.2, 0.25) is 5.88 Å². The third kappa shape index (κ3) is 4.45. The highest BCUT2D eigenvalue weighted by Gasteiger charge is 2.48. The van der Waals surface area contributed by atoms with Gasteiger partial charge in [-0.1, -0.05) is 25.3 Å². The molecule has 29 heavy (non-hydrogen) atoms. The van der Waals surface area contributed by atoms with Gasteiger partial charge in [-0.05, 0) is 68.7 Å². The summed E-state index contributed by atoms with van der Waals surface area (Å²) in [6, 6.07) is 7.83. The Hall–Kier alpha value is -2.01. The topological polar surface area (TPSA) is 44.2 Å². The maximum absolute atomic E-state index is 13.9. The molecule has 3 heterocycles. The normalized spacial score (nSPS) is 23.4. The van der Waals surface area contributed by atoms with Crippen LogP contribution in [-0.2, 0) is 16.6 Å². The van der Waals surface area contributed by atoms with Crippen LogP contribution < -0.4 is 4.74 Å². The highest BCUT2D eigenvalue weighted by molar-refractivity contribution is 5.22. The molecule has 2 aromatic heterocycles. The predicted octanol–water partition coefficient (Wildman–Crippen LogP) is 5.40. The third-order valence-corrected chi connectivity index (χ3v) is 6.80. The van der Waals surface area contributed by atoms with E-state index in [-0.39, 0.29) is 22.7 Å². The summed E-state index contributed by atoms with van der Waals surface area (Å²) >= 11 is 0. The summed E-state index contributed by atoms with van der Waals surface area (Å²) in [6.07, 6.45) is 14.7. The number of rotatable bonds is 7. The molecule has 1 saturated carbocycles. The van der Waals surface area contributed by atoms with E-state index in [4.69, 9.17) is 14.5 Å². The Labute approximate surface area is 172 Å². The molecular formula is C24H31FN2O2. The van der Waals surface area contributed by atoms with E-state index in [2.05, 4.69) is 17.1 Å². The second kappa shape index (κ2) is 8.78. The minimum atomic E-state index is -0.387. The van der Waals surface area contributed by atoms with E-state index in [1.165, 1.54) is 38.5 Å². The maximum Gasteiger partial charge on any atom is 0.250 e. The Kier molecular flexibility index (Phi) is 6.14. The Bertz CT molecular complexity index is 808. The molecule has 5 heteroatoms. The molecule has 1 aliphatic carbocycles. The van der Waals surface area contributed by atoms with E-state index in [9.17, 15) is 4.39 Å². The largest absolute Gasteiger partial charge is 0.479 e. The molecule has 1 aliphatic heterocycles. The number of aryl methyl sites for hydroxylation is 1. The van der Waals surface area contributed by atoms with Crippen LogP contribution in [0.3, 0.4) is 0 Å². The van der Waals surface area contributed by atoms with E-state index in [0.29, 0.717) is 0 Å². The zero-order valence-corrected chi connectivity index (χ0v) is 17.3. The van der Waals surface area contributed by atoms with Crippen LogP contribution >= 0.6 is 0 Å². The molecule has 0 unspecified atom stereocenters. The van der Waals surface area contributed by atoms with Gasteiger partial charge in [0, 0.05) is 30.1 Å². The van der Waals surface area contributed by atoms with Gasteiger partial charge in [-0.25, -0.2) is 9.37 Å². The highest BCUT2D eigenvalue weighted by Crippen LogP contribution is 2.50. The third-order valence-electron chi connectivity index (χ3n) is 6.80. The summed E-state index contributed by atoms with van der Waals surface area (Å²) < 4.78 is 25.1. The smallest absolute Gasteiger partial charge is 0.250 e. The zero-order chi connectivity index (χ0) is 20.2. The van der Waals surface area contributed by atoms with Crippen molar-refractivity contribution in [3.8, 4) is 5.88 Å². The number of halogens is 1. The van der Waals surface area contributed by atoms with Crippen molar-refractivity contribution >= 4 is 0 Å². The molecule has 1 atom stereocenters. The number of methoxy groups -OCH3 is 1. The molecule has 2 aromatic rings. The molecule has 0 N–H and O–H groups in total. The van der Waals surface area contributed by atoms with Crippen molar-refractivity contribution in [2.45, 2.75) is 75.2 Å². The monoisotopic (exact) mass is 398 g/mol. The lowest BCUT2D eigenvalue weighted by Gasteiger charge is -2.46. The summed E-state index contributed by atoms with van der Waals surface area (Å²) in [5, 5.41) is 0. The van der Waals surface area contributed by atoms with Crippen LogP contribution in [0.25, 0.3) is 0 Å². The minimum absolute atomic E-state index is 0.0544. The molecule has 0 bridgehead atoms. The van der Waals surface area contributed by atoms with Crippen LogP contribution in [0.4, 0.5) is 4.39 Å². The molecule has 2 fully saturated rings. The van der Waals surface area contributed by atoms with E-state index in [0.717, 1.165) is 50.7 Å². The van der Waals surface area contributed by atoms with Crippen LogP contribution in [0.2, 0.25) is 0 Å². The average Bonchev–Trinajstić information content (AvgIpc) is 3.19. The molecule has 0 aromatic carbocycles. The zero-order valence-electron chi connectivity index (χ0n) is 17.3. The Morgan fingerprint density at radius 1 is 1.14 bits per heavy atom. The van der Waals surface area contributed by atoms with Gasteiger partial charge in [0.25, 0.3) is 0 Å². The van der Waals surface area contributed by atoms with Crippen molar-refractivity contribution in [2.24, 2.45) is 0 Å². The Balaban J connectivity index is 1.43. The lowest BCUT2D eigenvalue weighted by molar-refractivity contribution is -0.104. The molecule has 4 rings (SSSR count). The molecular weight excluding hydrogens is 367 g/mol. The van der Waals surface area contributed by atoms with Gasteiger partial charge in [0.15, 0.2) is 5.82 Å². The average molecular weight is 399 g/mol. The first-order chi connectivity index (χ1) is 14.1. The van der Waals surface area contributed by atoms with E-state index < -0.39 is 0 Å². The minimum Gasteiger partial charge on any atom is -0.479 e. The standard InChI is InChI=1S/C24H31FN2O2/c1-28-22-20(25)16-19(17-27-22)8-2-4-10-23(21-9-3-7-14-26-21)13-15-29-24(18-23)11-5-6-12-24/h3,7,9,14,16-17H,2,4-6,8,10-13,15,18H2,1H3/t23-/m1/s1. The fraction of sp³-hybridized carbons (Fsp3) is 0.583. The molecule has 0 radical (unpaired) electrons. The van der Waals surface area contributed by atoms with Gasteiger partial charge in [-0.3, -0.25) is 4.98 Å². The van der Waals surface area contributed by atoms with Gasteiger partial charge in [-0.2, -0.15) is 0 Å². The van der Waals surface area contributed by atoms with Gasteiger partial charge in [-0.15, -0.1) is 0 Å². The summed E-state index contributed by atoms with van der Waals surface area (Å²) in [7, 11) is 1.44. The second-order valence-electron chi connectivity index (χ2n) is 8.70. The van der Waals surface area contributed by atoms with Crippen molar-refractivity contribution in [1.82, 2.24) is 9.97 Å². The number of hydrogen-bond acceptors (Lipinski definition) is 4. The Morgan fingerprint density at radius 3 is 2.72 bits per heavy atom. The lowest BCUT2D eigenvalue weighted by Crippen LogP contribution is -2.46. The number of aromatic nitrogens is 2. The highest BCUT2D eigenvalue weighted by atomic mass is 19.1. The van der Waals surface area contributed by atoms with Crippen molar-refractivity contribution < 1.29 is 13.9 Å². The van der Waals surface area contributed by atoms with Gasteiger partial charge in [0.1, 0.15) is 0 Å². The van der Waals surface area contributed by atoms with Crippen LogP contribution in [0, 0.1) is 5.82 Å². The molecule has 156 valence electrons. The van der Waals surface area contributed by atoms with Crippen LogP contribution in [0.1, 0.15) is 69.0 Å². The first-order valence-corrected chi connectivity index (χ1v) is 10.9. The van der Waals surface area contributed by atoms with Crippen LogP contribution in [0.15, 0.2) is 36.7 Å². The first kappa shape index (κ1) is 20.3. The fourth-order valence-corrected chi connectivity index (χ4v) is 5.34. The van der Waals surface area contributed by atoms with Crippen molar-refractivity contribution in [3.63, 3.8) is 0 Å². The molecule has 4 nitrogen and oxygen atoms in total. The fourth-order valence-electron chi connectivity index (χ4n) is 5.34. The quantitative estimate of drug-likeness (QED) is 0.586. The lowest BCUT2D eigenvalue weighted by atomic mass is 9.67. The number of nitrogens with zero attached hydrogens (tertiary/aromatic N) is 2. The summed E-state index contributed by atoms with van der Waals surface area (Å²) in [4.78, 5) is 8.82. The van der Waals surface area contributed by atoms with Gasteiger partial charge in [0.05, 0.1) is 12.7 Å². The molecule has 2 aliphatic rings. The predicted molar refractivity (Wildman–Crippen MR) is 111 cm³/mol. The summed E-state index contributed by atoms with van der Waals surface area (Å²) in [6.45, 7) is 0.824. The molecule has 0 amide bonds. The maximum atomic E-state index is 13.9. The van der Waals surface area contributed by atoms with E-state index in [1.807, 2.05) is 12.3 Å². The van der Waals surface area contributed by atoms with E-state index in [1.54, 1.807) is 12.3 Å². The van der Waals surface area contributed by atoms with Crippen molar-refractivity contribution in [2.75, 3.05) is 13.7 Å². The number of hydrogen-bond donors (Lipinski definition) is 0. The number of unbranched alkanes of at least 4 members (excludes halogenated alkanes) is 1. The SMILES string of the molecule is COc1ncc(CCCC[C@@]2(c3ccccn3)CCOC3(CCCC3)C2)cc1F. The van der Waals surface area contributed by atoms with Gasteiger partial charge < -0.3 is 9.47 Å². The van der Waals surface area contributed by atoms with Crippen LogP contribution in [0.5, 0.6) is 5.88 Å². The van der Waals surface area contributed by atoms with Crippen molar-refractivity contribution in [1.29, 1.82) is 0 Å². The second-order valence-corrected chi connectivity index (χ2v) is 8.70. The summed E-state index contributed by atoms with van der Waals surface area (Å²) in [5.74, 6) is -0.325. The first-order valence-electron chi connectivity index (χ1n) is 10.9. The number of pyridine rings is 2. The summed E-state index contributed by atoms with van der Waals surface area (Å²) in [5.41, 5.74) is 2.28. The van der Waals surface area contributed by atoms with Gasteiger partial charge >= 0.3 is 0 Å². The molecule has 1 spiro atoms. The van der Waals surface area contributed by atoms with E-state index >= 15 is 0 Å².